The zero-order valence-corrected chi connectivity index (χ0v) is 9.62. The minimum Gasteiger partial charge on any atom is -0.462 e. The summed E-state index contributed by atoms with van der Waals surface area (Å²) in [7, 11) is 0. The molecule has 0 saturated heterocycles. The van der Waals surface area contributed by atoms with Crippen molar-refractivity contribution in [1.82, 2.24) is 0 Å². The van der Waals surface area contributed by atoms with Gasteiger partial charge in [0.1, 0.15) is 0 Å². The third-order valence-corrected chi connectivity index (χ3v) is 2.31. The van der Waals surface area contributed by atoms with E-state index in [1.54, 1.807) is 13.0 Å². The van der Waals surface area contributed by atoms with Gasteiger partial charge in [0.15, 0.2) is 0 Å². The summed E-state index contributed by atoms with van der Waals surface area (Å²) in [6.45, 7) is 4.05. The number of aryl methyl sites for hydroxylation is 2. The molecule has 3 heteroatoms. The summed E-state index contributed by atoms with van der Waals surface area (Å²) in [6.07, 6.45) is 1.22. The highest BCUT2D eigenvalue weighted by atomic mass is 16.5. The smallest absolute Gasteiger partial charge is 0.338 e. The molecule has 0 amide bonds. The van der Waals surface area contributed by atoms with Crippen LogP contribution in [0.3, 0.4) is 0 Å². The number of benzene rings is 1. The average molecular weight is 217 g/mol. The number of esters is 1. The van der Waals surface area contributed by atoms with E-state index in [9.17, 15) is 4.79 Å². The molecule has 84 valence electrons. The fourth-order valence-corrected chi connectivity index (χ4v) is 1.52. The largest absolute Gasteiger partial charge is 0.462 e. The van der Waals surface area contributed by atoms with Crippen LogP contribution in [0.25, 0.3) is 0 Å². The Morgan fingerprint density at radius 2 is 2.25 bits per heavy atom. The highest BCUT2D eigenvalue weighted by Crippen LogP contribution is 2.13. The van der Waals surface area contributed by atoms with E-state index in [1.807, 2.05) is 19.1 Å². The van der Waals surface area contributed by atoms with Crippen LogP contribution in [0.1, 0.15) is 34.8 Å². The second-order valence-corrected chi connectivity index (χ2v) is 3.53. The monoisotopic (exact) mass is 217 g/mol. The minimum atomic E-state index is -0.285. The average Bonchev–Trinajstić information content (AvgIpc) is 2.26. The van der Waals surface area contributed by atoms with Crippen LogP contribution in [0.5, 0.6) is 0 Å². The lowest BCUT2D eigenvalue weighted by molar-refractivity contribution is 0.0525. The number of carbonyl (C=O) groups is 1. The Balaban J connectivity index is 2.83. The maximum Gasteiger partial charge on any atom is 0.338 e. The summed E-state index contributed by atoms with van der Waals surface area (Å²) in [6, 6.07) is 7.67. The predicted octanol–water partition coefficient (Wildman–Crippen LogP) is 2.63. The topological polar surface area (TPSA) is 50.1 Å². The molecule has 1 rings (SSSR count). The fraction of sp³-hybridized carbons (Fsp3) is 0.385. The first-order valence-corrected chi connectivity index (χ1v) is 5.32. The summed E-state index contributed by atoms with van der Waals surface area (Å²) in [4.78, 5) is 11.5. The van der Waals surface area contributed by atoms with E-state index in [1.165, 1.54) is 0 Å². The van der Waals surface area contributed by atoms with Crippen molar-refractivity contribution in [1.29, 1.82) is 5.26 Å². The van der Waals surface area contributed by atoms with Crippen molar-refractivity contribution in [2.24, 2.45) is 0 Å². The summed E-state index contributed by atoms with van der Waals surface area (Å²) in [5.74, 6) is -0.285. The molecular formula is C13H15NO2. The van der Waals surface area contributed by atoms with Crippen LogP contribution >= 0.6 is 0 Å². The van der Waals surface area contributed by atoms with Crippen LogP contribution in [0, 0.1) is 18.3 Å². The van der Waals surface area contributed by atoms with Crippen molar-refractivity contribution in [3.05, 3.63) is 34.9 Å². The van der Waals surface area contributed by atoms with Crippen molar-refractivity contribution in [2.75, 3.05) is 6.61 Å². The van der Waals surface area contributed by atoms with Gasteiger partial charge in [-0.25, -0.2) is 4.79 Å². The van der Waals surface area contributed by atoms with Gasteiger partial charge in [-0.1, -0.05) is 12.1 Å². The molecule has 0 saturated carbocycles. The predicted molar refractivity (Wildman–Crippen MR) is 61.1 cm³/mol. The molecule has 16 heavy (non-hydrogen) atoms. The molecule has 0 spiro atoms. The number of hydrogen-bond acceptors (Lipinski definition) is 3. The lowest BCUT2D eigenvalue weighted by Crippen LogP contribution is -2.06. The molecular weight excluding hydrogens is 202 g/mol. The Bertz CT molecular complexity index is 418. The Morgan fingerprint density at radius 3 is 2.81 bits per heavy atom. The molecule has 0 aliphatic carbocycles. The standard InChI is InChI=1S/C13H15NO2/c1-3-16-13(15)12-7-6-11(5-4-8-14)9-10(12)2/h6-7,9H,3-5H2,1-2H3. The highest BCUT2D eigenvalue weighted by Gasteiger charge is 2.09. The summed E-state index contributed by atoms with van der Waals surface area (Å²) in [5, 5.41) is 8.49. The number of rotatable bonds is 4. The van der Waals surface area contributed by atoms with Crippen molar-refractivity contribution >= 4 is 5.97 Å². The number of ether oxygens (including phenoxy) is 1. The van der Waals surface area contributed by atoms with Crippen LogP contribution < -0.4 is 0 Å². The number of nitrogens with zero attached hydrogens (tertiary/aromatic N) is 1. The van der Waals surface area contributed by atoms with Crippen LogP contribution in [0.4, 0.5) is 0 Å². The highest BCUT2D eigenvalue weighted by molar-refractivity contribution is 5.91. The van der Waals surface area contributed by atoms with Gasteiger partial charge in [-0.2, -0.15) is 5.26 Å². The van der Waals surface area contributed by atoms with Crippen LogP contribution in [0.15, 0.2) is 18.2 Å². The minimum absolute atomic E-state index is 0.285. The normalized spacial score (nSPS) is 9.56. The first-order valence-electron chi connectivity index (χ1n) is 5.32. The van der Waals surface area contributed by atoms with E-state index in [-0.39, 0.29) is 5.97 Å². The van der Waals surface area contributed by atoms with Crippen molar-refractivity contribution in [2.45, 2.75) is 26.7 Å². The Labute approximate surface area is 95.7 Å². The van der Waals surface area contributed by atoms with E-state index >= 15 is 0 Å². The summed E-state index contributed by atoms with van der Waals surface area (Å²) in [5.41, 5.74) is 2.57. The van der Waals surface area contributed by atoms with E-state index in [0.29, 0.717) is 18.6 Å². The Morgan fingerprint density at radius 1 is 1.50 bits per heavy atom. The van der Waals surface area contributed by atoms with Gasteiger partial charge < -0.3 is 4.74 Å². The van der Waals surface area contributed by atoms with E-state index in [4.69, 9.17) is 10.00 Å². The second kappa shape index (κ2) is 5.92. The van der Waals surface area contributed by atoms with Gasteiger partial charge in [-0.05, 0) is 37.5 Å². The zero-order chi connectivity index (χ0) is 12.0. The Hall–Kier alpha value is -1.82. The maximum absolute atomic E-state index is 11.5. The first kappa shape index (κ1) is 12.3. The van der Waals surface area contributed by atoms with Crippen LogP contribution in [-0.2, 0) is 11.2 Å². The molecule has 1 aromatic rings. The molecule has 1 aromatic carbocycles. The molecule has 0 heterocycles. The van der Waals surface area contributed by atoms with Gasteiger partial charge >= 0.3 is 5.97 Å². The van der Waals surface area contributed by atoms with Crippen molar-refractivity contribution in [3.63, 3.8) is 0 Å². The maximum atomic E-state index is 11.5. The molecule has 0 atom stereocenters. The number of nitriles is 1. The fourth-order valence-electron chi connectivity index (χ4n) is 1.52. The Kier molecular flexibility index (Phi) is 4.53. The number of carbonyl (C=O) groups excluding carboxylic acids is 1. The quantitative estimate of drug-likeness (QED) is 0.728. The van der Waals surface area contributed by atoms with Gasteiger partial charge in [0.25, 0.3) is 0 Å². The first-order chi connectivity index (χ1) is 7.69. The molecule has 0 radical (unpaired) electrons. The second-order valence-electron chi connectivity index (χ2n) is 3.53. The summed E-state index contributed by atoms with van der Waals surface area (Å²) >= 11 is 0. The van der Waals surface area contributed by atoms with Gasteiger partial charge in [0.2, 0.25) is 0 Å². The lowest BCUT2D eigenvalue weighted by Gasteiger charge is -2.07. The van der Waals surface area contributed by atoms with Gasteiger partial charge in [0.05, 0.1) is 18.2 Å². The van der Waals surface area contributed by atoms with E-state index in [0.717, 1.165) is 17.5 Å². The van der Waals surface area contributed by atoms with Gasteiger partial charge in [-0.3, -0.25) is 0 Å². The molecule has 0 fully saturated rings. The molecule has 0 aliphatic rings. The molecule has 0 N–H and O–H groups in total. The molecule has 0 unspecified atom stereocenters. The summed E-state index contributed by atoms with van der Waals surface area (Å²) < 4.78 is 4.94. The lowest BCUT2D eigenvalue weighted by atomic mass is 10.0. The molecule has 0 aliphatic heterocycles. The third-order valence-electron chi connectivity index (χ3n) is 2.31. The van der Waals surface area contributed by atoms with Crippen molar-refractivity contribution in [3.8, 4) is 6.07 Å². The molecule has 3 nitrogen and oxygen atoms in total. The SMILES string of the molecule is CCOC(=O)c1ccc(CCC#N)cc1C. The van der Waals surface area contributed by atoms with Crippen LogP contribution in [0.2, 0.25) is 0 Å². The third kappa shape index (κ3) is 3.09. The van der Waals surface area contributed by atoms with E-state index in [2.05, 4.69) is 6.07 Å². The number of hydrogen-bond donors (Lipinski definition) is 0. The molecule has 0 bridgehead atoms. The van der Waals surface area contributed by atoms with Crippen molar-refractivity contribution < 1.29 is 9.53 Å². The van der Waals surface area contributed by atoms with Gasteiger partial charge in [-0.15, -0.1) is 0 Å². The van der Waals surface area contributed by atoms with Crippen LogP contribution in [-0.4, -0.2) is 12.6 Å². The molecule has 0 aromatic heterocycles. The van der Waals surface area contributed by atoms with E-state index < -0.39 is 0 Å². The zero-order valence-electron chi connectivity index (χ0n) is 9.62. The van der Waals surface area contributed by atoms with Gasteiger partial charge in [0, 0.05) is 6.42 Å².